The van der Waals surface area contributed by atoms with E-state index in [4.69, 9.17) is 0 Å². The van der Waals surface area contributed by atoms with Crippen molar-refractivity contribution in [2.45, 2.75) is 13.3 Å². The van der Waals surface area contributed by atoms with Crippen molar-refractivity contribution in [1.82, 2.24) is 14.8 Å². The van der Waals surface area contributed by atoms with Gasteiger partial charge < -0.3 is 0 Å². The molecule has 0 fully saturated rings. The molecule has 0 atom stereocenters. The summed E-state index contributed by atoms with van der Waals surface area (Å²) >= 11 is 0. The highest BCUT2D eigenvalue weighted by molar-refractivity contribution is 5.97. The maximum atomic E-state index is 11.9. The summed E-state index contributed by atoms with van der Waals surface area (Å²) in [5.41, 5.74) is 2.50. The molecule has 2 aromatic rings. The molecule has 0 N–H and O–H groups in total. The van der Waals surface area contributed by atoms with Gasteiger partial charge in [0.25, 0.3) is 0 Å². The van der Waals surface area contributed by atoms with Crippen molar-refractivity contribution in [1.29, 1.82) is 0 Å². The first-order chi connectivity index (χ1) is 7.65. The Morgan fingerprint density at radius 1 is 1.50 bits per heavy atom. The molecule has 2 aromatic heterocycles. The molecule has 0 saturated heterocycles. The third-order valence-corrected chi connectivity index (χ3v) is 2.34. The minimum absolute atomic E-state index is 0.0958. The molecule has 82 valence electrons. The predicted molar refractivity (Wildman–Crippen MR) is 60.2 cm³/mol. The van der Waals surface area contributed by atoms with Gasteiger partial charge in [0.2, 0.25) is 0 Å². The molecule has 0 unspecified atom stereocenters. The quantitative estimate of drug-likeness (QED) is 0.730. The lowest BCUT2D eigenvalue weighted by molar-refractivity contribution is 0.0993. The number of nitrogens with zero attached hydrogens (tertiary/aromatic N) is 3. The van der Waals surface area contributed by atoms with Gasteiger partial charge in [0.05, 0.1) is 6.20 Å². The number of hydrogen-bond donors (Lipinski definition) is 0. The highest BCUT2D eigenvalue weighted by Crippen LogP contribution is 2.07. The first-order valence-electron chi connectivity index (χ1n) is 5.08. The van der Waals surface area contributed by atoms with E-state index >= 15 is 0 Å². The van der Waals surface area contributed by atoms with Crippen LogP contribution in [0.3, 0.4) is 0 Å². The van der Waals surface area contributed by atoms with Crippen LogP contribution < -0.4 is 0 Å². The standard InChI is InChI=1S/C12H13N3O/c1-9-5-11(3-4-13-9)12(16)6-10-7-14-15(2)8-10/h3-5,7-8H,6H2,1-2H3. The smallest absolute Gasteiger partial charge is 0.167 e. The molecule has 16 heavy (non-hydrogen) atoms. The fourth-order valence-corrected chi connectivity index (χ4v) is 1.57. The molecule has 2 heterocycles. The number of ketones is 1. The summed E-state index contributed by atoms with van der Waals surface area (Å²) in [6, 6.07) is 3.55. The Labute approximate surface area is 93.9 Å². The zero-order valence-corrected chi connectivity index (χ0v) is 9.34. The van der Waals surface area contributed by atoms with Gasteiger partial charge in [0.1, 0.15) is 0 Å². The lowest BCUT2D eigenvalue weighted by Gasteiger charge is -1.99. The van der Waals surface area contributed by atoms with Gasteiger partial charge in [-0.1, -0.05) is 0 Å². The van der Waals surface area contributed by atoms with E-state index in [2.05, 4.69) is 10.1 Å². The maximum absolute atomic E-state index is 11.9. The predicted octanol–water partition coefficient (Wildman–Crippen LogP) is 1.55. The third kappa shape index (κ3) is 2.34. The number of rotatable bonds is 3. The molecule has 0 aliphatic heterocycles. The molecule has 4 heteroatoms. The lowest BCUT2D eigenvalue weighted by atomic mass is 10.1. The highest BCUT2D eigenvalue weighted by atomic mass is 16.1. The Balaban J connectivity index is 2.14. The second-order valence-electron chi connectivity index (χ2n) is 3.81. The molecule has 0 aliphatic rings. The fraction of sp³-hybridized carbons (Fsp3) is 0.250. The molecule has 2 rings (SSSR count). The maximum Gasteiger partial charge on any atom is 0.167 e. The molecule has 0 amide bonds. The van der Waals surface area contributed by atoms with Gasteiger partial charge in [0, 0.05) is 37.1 Å². The van der Waals surface area contributed by atoms with Gasteiger partial charge in [-0.2, -0.15) is 5.10 Å². The summed E-state index contributed by atoms with van der Waals surface area (Å²) in [5.74, 6) is 0.0958. The van der Waals surface area contributed by atoms with Crippen LogP contribution in [0, 0.1) is 6.92 Å². The van der Waals surface area contributed by atoms with Crippen LogP contribution in [-0.2, 0) is 13.5 Å². The van der Waals surface area contributed by atoms with Crippen LogP contribution in [0.1, 0.15) is 21.6 Å². The van der Waals surface area contributed by atoms with Crippen molar-refractivity contribution in [2.24, 2.45) is 7.05 Å². The summed E-state index contributed by atoms with van der Waals surface area (Å²) < 4.78 is 1.69. The zero-order chi connectivity index (χ0) is 11.5. The molecule has 0 radical (unpaired) electrons. The summed E-state index contributed by atoms with van der Waals surface area (Å²) in [4.78, 5) is 16.0. The van der Waals surface area contributed by atoms with Gasteiger partial charge in [-0.25, -0.2) is 0 Å². The number of pyridine rings is 1. The second kappa shape index (κ2) is 4.26. The van der Waals surface area contributed by atoms with Crippen LogP contribution >= 0.6 is 0 Å². The van der Waals surface area contributed by atoms with Crippen molar-refractivity contribution < 1.29 is 4.79 Å². The molecule has 4 nitrogen and oxygen atoms in total. The van der Waals surface area contributed by atoms with Gasteiger partial charge in [-0.05, 0) is 24.6 Å². The number of aromatic nitrogens is 3. The van der Waals surface area contributed by atoms with Crippen molar-refractivity contribution in [2.75, 3.05) is 0 Å². The fourth-order valence-electron chi connectivity index (χ4n) is 1.57. The van der Waals surface area contributed by atoms with Crippen molar-refractivity contribution in [3.8, 4) is 0 Å². The van der Waals surface area contributed by atoms with Gasteiger partial charge in [-0.15, -0.1) is 0 Å². The Morgan fingerprint density at radius 2 is 2.31 bits per heavy atom. The van der Waals surface area contributed by atoms with Crippen molar-refractivity contribution in [3.05, 3.63) is 47.5 Å². The first kappa shape index (κ1) is 10.5. The zero-order valence-electron chi connectivity index (χ0n) is 9.34. The van der Waals surface area contributed by atoms with Crippen molar-refractivity contribution >= 4 is 5.78 Å². The van der Waals surface area contributed by atoms with E-state index in [1.807, 2.05) is 20.2 Å². The van der Waals surface area contributed by atoms with E-state index in [1.165, 1.54) is 0 Å². The van der Waals surface area contributed by atoms with Gasteiger partial charge in [0.15, 0.2) is 5.78 Å². The normalized spacial score (nSPS) is 10.4. The van der Waals surface area contributed by atoms with Crippen LogP contribution in [0.15, 0.2) is 30.7 Å². The van der Waals surface area contributed by atoms with Crippen LogP contribution in [-0.4, -0.2) is 20.5 Å². The first-order valence-corrected chi connectivity index (χ1v) is 5.08. The molecule has 0 aromatic carbocycles. The number of hydrogen-bond acceptors (Lipinski definition) is 3. The largest absolute Gasteiger partial charge is 0.294 e. The minimum Gasteiger partial charge on any atom is -0.294 e. The summed E-state index contributed by atoms with van der Waals surface area (Å²) in [7, 11) is 1.84. The SMILES string of the molecule is Cc1cc(C(=O)Cc2cnn(C)c2)ccn1. The van der Waals surface area contributed by atoms with Crippen LogP contribution in [0.2, 0.25) is 0 Å². The lowest BCUT2D eigenvalue weighted by Crippen LogP contribution is -2.03. The van der Waals surface area contributed by atoms with Crippen LogP contribution in [0.25, 0.3) is 0 Å². The van der Waals surface area contributed by atoms with Crippen LogP contribution in [0.4, 0.5) is 0 Å². The molecule has 0 bridgehead atoms. The average molecular weight is 215 g/mol. The highest BCUT2D eigenvalue weighted by Gasteiger charge is 2.08. The van der Waals surface area contributed by atoms with E-state index < -0.39 is 0 Å². The number of carbonyl (C=O) groups excluding carboxylic acids is 1. The summed E-state index contributed by atoms with van der Waals surface area (Å²) in [6.45, 7) is 1.88. The van der Waals surface area contributed by atoms with Crippen molar-refractivity contribution in [3.63, 3.8) is 0 Å². The third-order valence-electron chi connectivity index (χ3n) is 2.34. The molecule has 0 saturated carbocycles. The molecular weight excluding hydrogens is 202 g/mol. The van der Waals surface area contributed by atoms with E-state index in [0.29, 0.717) is 12.0 Å². The molecular formula is C12H13N3O. The molecule has 0 aliphatic carbocycles. The Bertz CT molecular complexity index is 516. The summed E-state index contributed by atoms with van der Waals surface area (Å²) in [6.07, 6.45) is 5.61. The average Bonchev–Trinajstić information content (AvgIpc) is 2.64. The van der Waals surface area contributed by atoms with E-state index in [-0.39, 0.29) is 5.78 Å². The number of Topliss-reactive ketones (excluding diaryl/α,β-unsaturated/α-hetero) is 1. The van der Waals surface area contributed by atoms with Crippen LogP contribution in [0.5, 0.6) is 0 Å². The number of aryl methyl sites for hydroxylation is 2. The van der Waals surface area contributed by atoms with E-state index in [1.54, 1.807) is 29.2 Å². The number of carbonyl (C=O) groups is 1. The Morgan fingerprint density at radius 3 is 2.94 bits per heavy atom. The molecule has 0 spiro atoms. The topological polar surface area (TPSA) is 47.8 Å². The van der Waals surface area contributed by atoms with E-state index in [9.17, 15) is 4.79 Å². The van der Waals surface area contributed by atoms with E-state index in [0.717, 1.165) is 11.3 Å². The Hall–Kier alpha value is -1.97. The monoisotopic (exact) mass is 215 g/mol. The minimum atomic E-state index is 0.0958. The summed E-state index contributed by atoms with van der Waals surface area (Å²) in [5, 5.41) is 4.03. The Kier molecular flexibility index (Phi) is 2.81. The van der Waals surface area contributed by atoms with Gasteiger partial charge >= 0.3 is 0 Å². The second-order valence-corrected chi connectivity index (χ2v) is 3.81. The van der Waals surface area contributed by atoms with Gasteiger partial charge in [-0.3, -0.25) is 14.5 Å².